The van der Waals surface area contributed by atoms with Crippen LogP contribution in [0.5, 0.6) is 11.5 Å². The lowest BCUT2D eigenvalue weighted by Crippen LogP contribution is -2.23. The summed E-state index contributed by atoms with van der Waals surface area (Å²) in [6, 6.07) is 5.42. The molecule has 124 valence electrons. The first kappa shape index (κ1) is 17.2. The molecule has 0 aliphatic heterocycles. The molecule has 0 bridgehead atoms. The molecule has 3 N–H and O–H groups in total. The lowest BCUT2D eigenvalue weighted by Gasteiger charge is -2.15. The molecule has 8 heteroatoms. The van der Waals surface area contributed by atoms with Crippen LogP contribution in [0.2, 0.25) is 0 Å². The zero-order valence-electron chi connectivity index (χ0n) is 12.3. The van der Waals surface area contributed by atoms with Gasteiger partial charge in [-0.2, -0.15) is 0 Å². The van der Waals surface area contributed by atoms with Crippen molar-refractivity contribution in [3.63, 3.8) is 0 Å². The van der Waals surface area contributed by atoms with Gasteiger partial charge < -0.3 is 25.0 Å². The second kappa shape index (κ2) is 7.91. The summed E-state index contributed by atoms with van der Waals surface area (Å²) in [5.41, 5.74) is 0.291. The van der Waals surface area contributed by atoms with E-state index in [1.807, 2.05) is 0 Å². The number of methoxy groups -OCH3 is 1. The third-order valence-electron chi connectivity index (χ3n) is 2.90. The molecule has 1 aromatic heterocycles. The van der Waals surface area contributed by atoms with Crippen LogP contribution < -0.4 is 10.1 Å². The molecule has 0 radical (unpaired) electrons. The lowest BCUT2D eigenvalue weighted by molar-refractivity contribution is 0.0604. The summed E-state index contributed by atoms with van der Waals surface area (Å²) in [4.78, 5) is 11.9. The molecule has 0 aliphatic carbocycles. The molecule has 1 heterocycles. The molecule has 0 aliphatic rings. The standard InChI is InChI=1S/C15H16FNO5S/c1-21-15(20)14-13(4-5-23-14)22-12-3-2-9(16)6-11(12)17-7-10(19)8-18/h2-6,10,17-19H,7-8H2,1H3. The van der Waals surface area contributed by atoms with Crippen LogP contribution in [0.4, 0.5) is 10.1 Å². The van der Waals surface area contributed by atoms with E-state index in [1.54, 1.807) is 11.4 Å². The SMILES string of the molecule is COC(=O)c1sccc1Oc1ccc(F)cc1NCC(O)CO. The van der Waals surface area contributed by atoms with Crippen LogP contribution in [0, 0.1) is 5.82 Å². The molecule has 0 saturated carbocycles. The molecule has 6 nitrogen and oxygen atoms in total. The van der Waals surface area contributed by atoms with E-state index in [9.17, 15) is 14.3 Å². The summed E-state index contributed by atoms with van der Waals surface area (Å²) in [7, 11) is 1.27. The molecule has 0 fully saturated rings. The van der Waals surface area contributed by atoms with Gasteiger partial charge in [-0.15, -0.1) is 11.3 Å². The number of ether oxygens (including phenoxy) is 2. The van der Waals surface area contributed by atoms with Crippen molar-refractivity contribution < 1.29 is 28.9 Å². The highest BCUT2D eigenvalue weighted by Gasteiger charge is 2.17. The van der Waals surface area contributed by atoms with Crippen LogP contribution in [0.15, 0.2) is 29.6 Å². The van der Waals surface area contributed by atoms with Crippen molar-refractivity contribution in [3.8, 4) is 11.5 Å². The number of hydrogen-bond acceptors (Lipinski definition) is 7. The van der Waals surface area contributed by atoms with Gasteiger partial charge in [0.25, 0.3) is 0 Å². The summed E-state index contributed by atoms with van der Waals surface area (Å²) in [5.74, 6) is -0.446. The van der Waals surface area contributed by atoms with Crippen LogP contribution in [0.1, 0.15) is 9.67 Å². The van der Waals surface area contributed by atoms with E-state index in [4.69, 9.17) is 9.84 Å². The Morgan fingerprint density at radius 3 is 2.87 bits per heavy atom. The Bertz CT molecular complexity index is 676. The first-order chi connectivity index (χ1) is 11.0. The van der Waals surface area contributed by atoms with Gasteiger partial charge in [-0.25, -0.2) is 9.18 Å². The fourth-order valence-electron chi connectivity index (χ4n) is 1.76. The Balaban J connectivity index is 2.22. The average molecular weight is 341 g/mol. The fourth-order valence-corrected chi connectivity index (χ4v) is 2.49. The number of hydrogen-bond donors (Lipinski definition) is 3. The number of nitrogens with one attached hydrogen (secondary N) is 1. The fraction of sp³-hybridized carbons (Fsp3) is 0.267. The minimum Gasteiger partial charge on any atom is -0.465 e. The third-order valence-corrected chi connectivity index (χ3v) is 3.78. The molecule has 0 spiro atoms. The van der Waals surface area contributed by atoms with Gasteiger partial charge in [0.05, 0.1) is 25.5 Å². The van der Waals surface area contributed by atoms with E-state index in [1.165, 1.54) is 36.6 Å². The number of rotatable bonds is 7. The molecule has 1 atom stereocenters. The molecule has 23 heavy (non-hydrogen) atoms. The maximum atomic E-state index is 13.4. The predicted octanol–water partition coefficient (Wildman–Crippen LogP) is 2.23. The van der Waals surface area contributed by atoms with E-state index in [-0.39, 0.29) is 17.2 Å². The minimum absolute atomic E-state index is 0.0177. The first-order valence-corrected chi connectivity index (χ1v) is 7.59. The largest absolute Gasteiger partial charge is 0.465 e. The van der Waals surface area contributed by atoms with Gasteiger partial charge in [0.2, 0.25) is 0 Å². The van der Waals surface area contributed by atoms with Crippen molar-refractivity contribution >= 4 is 23.0 Å². The van der Waals surface area contributed by atoms with E-state index in [0.717, 1.165) is 0 Å². The van der Waals surface area contributed by atoms with Gasteiger partial charge in [-0.05, 0) is 23.6 Å². The van der Waals surface area contributed by atoms with E-state index >= 15 is 0 Å². The molecule has 2 aromatic rings. The quantitative estimate of drug-likeness (QED) is 0.670. The van der Waals surface area contributed by atoms with Crippen molar-refractivity contribution in [1.82, 2.24) is 0 Å². The van der Waals surface area contributed by atoms with Crippen LogP contribution >= 0.6 is 11.3 Å². The number of halogens is 1. The monoisotopic (exact) mass is 341 g/mol. The lowest BCUT2D eigenvalue weighted by atomic mass is 10.2. The maximum Gasteiger partial charge on any atom is 0.351 e. The highest BCUT2D eigenvalue weighted by molar-refractivity contribution is 7.12. The Hall–Kier alpha value is -2.16. The molecule has 0 amide bonds. The first-order valence-electron chi connectivity index (χ1n) is 6.71. The Morgan fingerprint density at radius 2 is 2.17 bits per heavy atom. The van der Waals surface area contributed by atoms with Crippen LogP contribution in [-0.2, 0) is 4.74 Å². The van der Waals surface area contributed by atoms with Crippen molar-refractivity contribution in [2.24, 2.45) is 0 Å². The summed E-state index contributed by atoms with van der Waals surface area (Å²) >= 11 is 1.17. The maximum absolute atomic E-state index is 13.4. The van der Waals surface area contributed by atoms with Gasteiger partial charge >= 0.3 is 5.97 Å². The number of aliphatic hydroxyl groups is 2. The molecule has 2 rings (SSSR count). The molecular formula is C15H16FNO5S. The van der Waals surface area contributed by atoms with Crippen molar-refractivity contribution in [3.05, 3.63) is 40.3 Å². The van der Waals surface area contributed by atoms with Gasteiger partial charge in [0.15, 0.2) is 16.4 Å². The summed E-state index contributed by atoms with van der Waals surface area (Å²) in [5, 5.41) is 22.7. The van der Waals surface area contributed by atoms with Crippen LogP contribution in [-0.4, -0.2) is 42.5 Å². The minimum atomic E-state index is -0.988. The second-order valence-electron chi connectivity index (χ2n) is 4.57. The van der Waals surface area contributed by atoms with Gasteiger partial charge in [-0.1, -0.05) is 0 Å². The van der Waals surface area contributed by atoms with Crippen molar-refractivity contribution in [2.45, 2.75) is 6.10 Å². The van der Waals surface area contributed by atoms with Crippen LogP contribution in [0.3, 0.4) is 0 Å². The topological polar surface area (TPSA) is 88.0 Å². The number of aliphatic hydroxyl groups excluding tert-OH is 2. The molecule has 0 saturated heterocycles. The smallest absolute Gasteiger partial charge is 0.351 e. The number of carbonyl (C=O) groups excluding carboxylic acids is 1. The number of thiophene rings is 1. The third kappa shape index (κ3) is 4.41. The summed E-state index contributed by atoms with van der Waals surface area (Å²) in [6.07, 6.45) is -0.988. The molecular weight excluding hydrogens is 325 g/mol. The number of esters is 1. The summed E-state index contributed by atoms with van der Waals surface area (Å²) < 4.78 is 23.7. The second-order valence-corrected chi connectivity index (χ2v) is 5.48. The van der Waals surface area contributed by atoms with Gasteiger partial charge in [-0.3, -0.25) is 0 Å². The van der Waals surface area contributed by atoms with E-state index in [0.29, 0.717) is 11.4 Å². The average Bonchev–Trinajstić information content (AvgIpc) is 3.02. The van der Waals surface area contributed by atoms with Crippen molar-refractivity contribution in [1.29, 1.82) is 0 Å². The number of benzene rings is 1. The summed E-state index contributed by atoms with van der Waals surface area (Å²) in [6.45, 7) is -0.403. The van der Waals surface area contributed by atoms with Gasteiger partial charge in [0.1, 0.15) is 5.82 Å². The van der Waals surface area contributed by atoms with Crippen molar-refractivity contribution in [2.75, 3.05) is 25.6 Å². The zero-order chi connectivity index (χ0) is 16.8. The Labute approximate surface area is 136 Å². The normalized spacial score (nSPS) is 11.8. The number of carbonyl (C=O) groups is 1. The Morgan fingerprint density at radius 1 is 1.39 bits per heavy atom. The van der Waals surface area contributed by atoms with Gasteiger partial charge in [0, 0.05) is 12.6 Å². The highest BCUT2D eigenvalue weighted by atomic mass is 32.1. The predicted molar refractivity (Wildman–Crippen MR) is 83.7 cm³/mol. The molecule has 1 unspecified atom stereocenters. The number of anilines is 1. The van der Waals surface area contributed by atoms with E-state index < -0.39 is 24.5 Å². The molecule has 1 aromatic carbocycles. The zero-order valence-corrected chi connectivity index (χ0v) is 13.1. The Kier molecular flexibility index (Phi) is 5.91. The van der Waals surface area contributed by atoms with E-state index in [2.05, 4.69) is 10.1 Å². The van der Waals surface area contributed by atoms with Crippen LogP contribution in [0.25, 0.3) is 0 Å². The highest BCUT2D eigenvalue weighted by Crippen LogP contribution is 2.34.